The van der Waals surface area contributed by atoms with Gasteiger partial charge < -0.3 is 19.6 Å². The Morgan fingerprint density at radius 3 is 1.58 bits per heavy atom. The lowest BCUT2D eigenvalue weighted by atomic mass is 10.2. The molecule has 0 bridgehead atoms. The molecule has 0 saturated carbocycles. The Morgan fingerprint density at radius 1 is 0.654 bits per heavy atom. The van der Waals surface area contributed by atoms with Crippen molar-refractivity contribution in [1.82, 2.24) is 19.8 Å². The second-order valence-electron chi connectivity index (χ2n) is 7.35. The van der Waals surface area contributed by atoms with Crippen molar-refractivity contribution in [3.8, 4) is 11.4 Å². The number of hydrogen-bond donors (Lipinski definition) is 0. The maximum atomic E-state index is 4.92. The lowest BCUT2D eigenvalue weighted by Gasteiger charge is -2.35. The normalized spacial score (nSPS) is 19.8. The van der Waals surface area contributed by atoms with Gasteiger partial charge in [0.2, 0.25) is 0 Å². The summed E-state index contributed by atoms with van der Waals surface area (Å²) in [4.78, 5) is 19.4. The number of anilines is 2. The molecule has 6 heteroatoms. The Hall–Kier alpha value is -2.18. The SMILES string of the molecule is CN1CCN(c2cc(N3CCN(C)CC3)nc(-c3ccccc3)n2)CC1. The third-order valence-electron chi connectivity index (χ3n) is 5.39. The van der Waals surface area contributed by atoms with E-state index in [9.17, 15) is 0 Å². The summed E-state index contributed by atoms with van der Waals surface area (Å²) in [5.41, 5.74) is 1.08. The van der Waals surface area contributed by atoms with Gasteiger partial charge >= 0.3 is 0 Å². The van der Waals surface area contributed by atoms with Gasteiger partial charge in [-0.15, -0.1) is 0 Å². The zero-order valence-corrected chi connectivity index (χ0v) is 15.8. The van der Waals surface area contributed by atoms with Crippen LogP contribution in [0, 0.1) is 0 Å². The highest BCUT2D eigenvalue weighted by Crippen LogP contribution is 2.25. The average molecular weight is 352 g/mol. The van der Waals surface area contributed by atoms with Gasteiger partial charge in [0, 0.05) is 64.0 Å². The van der Waals surface area contributed by atoms with Crippen molar-refractivity contribution in [1.29, 1.82) is 0 Å². The molecule has 2 saturated heterocycles. The summed E-state index contributed by atoms with van der Waals surface area (Å²) in [5.74, 6) is 2.94. The molecule has 0 unspecified atom stereocenters. The first kappa shape index (κ1) is 17.2. The number of likely N-dealkylation sites (N-methyl/N-ethyl adjacent to an activating group) is 2. The predicted octanol–water partition coefficient (Wildman–Crippen LogP) is 1.65. The van der Waals surface area contributed by atoms with Gasteiger partial charge in [-0.3, -0.25) is 0 Å². The largest absolute Gasteiger partial charge is 0.354 e. The highest BCUT2D eigenvalue weighted by atomic mass is 15.3. The molecule has 2 fully saturated rings. The van der Waals surface area contributed by atoms with Gasteiger partial charge in [0.05, 0.1) is 0 Å². The quantitative estimate of drug-likeness (QED) is 0.836. The van der Waals surface area contributed by atoms with E-state index < -0.39 is 0 Å². The van der Waals surface area contributed by atoms with E-state index in [1.165, 1.54) is 0 Å². The van der Waals surface area contributed by atoms with Crippen LogP contribution >= 0.6 is 0 Å². The third kappa shape index (κ3) is 3.81. The Bertz CT molecular complexity index is 678. The molecular formula is C20H28N6. The molecule has 4 rings (SSSR count). The predicted molar refractivity (Wildman–Crippen MR) is 107 cm³/mol. The van der Waals surface area contributed by atoms with E-state index in [2.05, 4.69) is 64.0 Å². The fraction of sp³-hybridized carbons (Fsp3) is 0.500. The van der Waals surface area contributed by atoms with Crippen LogP contribution in [0.25, 0.3) is 11.4 Å². The van der Waals surface area contributed by atoms with E-state index in [0.29, 0.717) is 0 Å². The molecular weight excluding hydrogens is 324 g/mol. The first-order valence-corrected chi connectivity index (χ1v) is 9.50. The zero-order chi connectivity index (χ0) is 17.9. The van der Waals surface area contributed by atoms with E-state index in [0.717, 1.165) is 75.4 Å². The van der Waals surface area contributed by atoms with Gasteiger partial charge in [-0.2, -0.15) is 0 Å². The van der Waals surface area contributed by atoms with Crippen molar-refractivity contribution >= 4 is 11.6 Å². The van der Waals surface area contributed by atoms with Crippen molar-refractivity contribution in [3.63, 3.8) is 0 Å². The summed E-state index contributed by atoms with van der Waals surface area (Å²) in [7, 11) is 4.37. The molecule has 0 amide bonds. The molecule has 0 spiro atoms. The number of piperazine rings is 2. The molecule has 1 aromatic heterocycles. The maximum absolute atomic E-state index is 4.92. The Balaban J connectivity index is 1.67. The molecule has 0 atom stereocenters. The standard InChI is InChI=1S/C20H28N6/c1-23-8-12-25(13-9-23)18-16-19(26-14-10-24(2)11-15-26)22-20(21-18)17-6-4-3-5-7-17/h3-7,16H,8-15H2,1-2H3. The number of rotatable bonds is 3. The van der Waals surface area contributed by atoms with Crippen LogP contribution in [0.1, 0.15) is 0 Å². The van der Waals surface area contributed by atoms with Crippen molar-refractivity contribution in [2.24, 2.45) is 0 Å². The second-order valence-corrected chi connectivity index (χ2v) is 7.35. The van der Waals surface area contributed by atoms with Crippen LogP contribution in [-0.2, 0) is 0 Å². The van der Waals surface area contributed by atoms with Crippen molar-refractivity contribution in [2.75, 3.05) is 76.3 Å². The van der Waals surface area contributed by atoms with E-state index in [1.807, 2.05) is 6.07 Å². The second kappa shape index (κ2) is 7.60. The molecule has 138 valence electrons. The van der Waals surface area contributed by atoms with Gasteiger partial charge in [-0.1, -0.05) is 30.3 Å². The van der Waals surface area contributed by atoms with Crippen LogP contribution in [0.2, 0.25) is 0 Å². The molecule has 3 heterocycles. The average Bonchev–Trinajstić information content (AvgIpc) is 2.69. The number of hydrogen-bond acceptors (Lipinski definition) is 6. The summed E-state index contributed by atoms with van der Waals surface area (Å²) >= 11 is 0. The molecule has 0 radical (unpaired) electrons. The summed E-state index contributed by atoms with van der Waals surface area (Å²) in [6, 6.07) is 12.5. The number of aromatic nitrogens is 2. The van der Waals surface area contributed by atoms with E-state index in [4.69, 9.17) is 9.97 Å². The number of benzene rings is 1. The lowest BCUT2D eigenvalue weighted by molar-refractivity contribution is 0.310. The highest BCUT2D eigenvalue weighted by Gasteiger charge is 2.21. The summed E-state index contributed by atoms with van der Waals surface area (Å²) in [6.07, 6.45) is 0. The zero-order valence-electron chi connectivity index (χ0n) is 15.8. The van der Waals surface area contributed by atoms with Crippen LogP contribution in [0.5, 0.6) is 0 Å². The Kier molecular flexibility index (Phi) is 5.04. The van der Waals surface area contributed by atoms with Gasteiger partial charge in [-0.05, 0) is 14.1 Å². The van der Waals surface area contributed by atoms with E-state index in [1.54, 1.807) is 0 Å². The molecule has 2 aliphatic rings. The summed E-state index contributed by atoms with van der Waals surface area (Å²) in [5, 5.41) is 0. The minimum Gasteiger partial charge on any atom is -0.354 e. The highest BCUT2D eigenvalue weighted by molar-refractivity contribution is 5.62. The first-order chi connectivity index (χ1) is 12.7. The molecule has 1 aromatic carbocycles. The van der Waals surface area contributed by atoms with Crippen LogP contribution in [0.15, 0.2) is 36.4 Å². The Morgan fingerprint density at radius 2 is 1.12 bits per heavy atom. The molecule has 0 aliphatic carbocycles. The van der Waals surface area contributed by atoms with Gasteiger partial charge in [0.15, 0.2) is 5.82 Å². The number of nitrogens with zero attached hydrogens (tertiary/aromatic N) is 6. The monoisotopic (exact) mass is 352 g/mol. The van der Waals surface area contributed by atoms with E-state index >= 15 is 0 Å². The van der Waals surface area contributed by atoms with Crippen LogP contribution < -0.4 is 9.80 Å². The smallest absolute Gasteiger partial charge is 0.163 e. The third-order valence-corrected chi connectivity index (χ3v) is 5.39. The molecule has 6 nitrogen and oxygen atoms in total. The van der Waals surface area contributed by atoms with Crippen molar-refractivity contribution < 1.29 is 0 Å². The van der Waals surface area contributed by atoms with Crippen molar-refractivity contribution in [2.45, 2.75) is 0 Å². The van der Waals surface area contributed by atoms with Gasteiger partial charge in [0.25, 0.3) is 0 Å². The maximum Gasteiger partial charge on any atom is 0.163 e. The topological polar surface area (TPSA) is 38.7 Å². The fourth-order valence-corrected chi connectivity index (χ4v) is 3.53. The first-order valence-electron chi connectivity index (χ1n) is 9.50. The molecule has 2 aromatic rings. The van der Waals surface area contributed by atoms with Gasteiger partial charge in [-0.25, -0.2) is 9.97 Å². The van der Waals surface area contributed by atoms with Gasteiger partial charge in [0.1, 0.15) is 11.6 Å². The lowest BCUT2D eigenvalue weighted by Crippen LogP contribution is -2.46. The Labute approximate surface area is 156 Å². The summed E-state index contributed by atoms with van der Waals surface area (Å²) in [6.45, 7) is 8.38. The molecule has 0 N–H and O–H groups in total. The minimum absolute atomic E-state index is 0.830. The van der Waals surface area contributed by atoms with Crippen molar-refractivity contribution in [3.05, 3.63) is 36.4 Å². The van der Waals surface area contributed by atoms with Crippen LogP contribution in [0.4, 0.5) is 11.6 Å². The van der Waals surface area contributed by atoms with Crippen LogP contribution in [-0.4, -0.2) is 86.2 Å². The summed E-state index contributed by atoms with van der Waals surface area (Å²) < 4.78 is 0. The van der Waals surface area contributed by atoms with Crippen LogP contribution in [0.3, 0.4) is 0 Å². The minimum atomic E-state index is 0.830. The molecule has 26 heavy (non-hydrogen) atoms. The van der Waals surface area contributed by atoms with E-state index in [-0.39, 0.29) is 0 Å². The molecule has 2 aliphatic heterocycles. The fourth-order valence-electron chi connectivity index (χ4n) is 3.53.